The maximum atomic E-state index is 11.8. The maximum absolute atomic E-state index is 11.8. The Morgan fingerprint density at radius 2 is 1.10 bits per heavy atom. The van der Waals surface area contributed by atoms with Crippen LogP contribution in [0.25, 0.3) is 55.0 Å². The third kappa shape index (κ3) is 4.87. The van der Waals surface area contributed by atoms with Gasteiger partial charge < -0.3 is 24.0 Å². The average Bonchev–Trinajstić information content (AvgIpc) is 3.78. The van der Waals surface area contributed by atoms with E-state index in [4.69, 9.17) is 4.84 Å². The predicted octanol–water partition coefficient (Wildman–Crippen LogP) is 9.44. The number of hydrogen-bond acceptors (Lipinski definition) is 4. The summed E-state index contributed by atoms with van der Waals surface area (Å²) < 4.78 is 4.55. The number of hydroxylamine groups is 2. The van der Waals surface area contributed by atoms with Crippen molar-refractivity contribution in [1.29, 1.82) is 0 Å². The molecule has 0 bridgehead atoms. The molecule has 0 unspecified atom stereocenters. The minimum absolute atomic E-state index is 0.320. The highest BCUT2D eigenvalue weighted by Crippen LogP contribution is 2.41. The van der Waals surface area contributed by atoms with E-state index >= 15 is 0 Å². The number of para-hydroxylation sites is 4. The van der Waals surface area contributed by atoms with E-state index in [1.807, 2.05) is 0 Å². The van der Waals surface area contributed by atoms with E-state index in [1.54, 1.807) is 0 Å². The van der Waals surface area contributed by atoms with Crippen molar-refractivity contribution < 1.29 is 9.94 Å². The number of likely N-dealkylation sites (N-methyl/N-ethyl adjacent to an activating group) is 1. The molecule has 0 saturated carbocycles. The Morgan fingerprint density at radius 1 is 0.633 bits per heavy atom. The van der Waals surface area contributed by atoms with Crippen molar-refractivity contribution in [2.24, 2.45) is 0 Å². The zero-order valence-corrected chi connectivity index (χ0v) is 28.0. The first-order chi connectivity index (χ1) is 23.9. The van der Waals surface area contributed by atoms with Crippen LogP contribution in [0, 0.1) is 13.8 Å². The van der Waals surface area contributed by atoms with Crippen molar-refractivity contribution in [2.45, 2.75) is 26.9 Å². The summed E-state index contributed by atoms with van der Waals surface area (Å²) in [6.07, 6.45) is 0. The summed E-state index contributed by atoms with van der Waals surface area (Å²) in [6.45, 7) is 7.11. The fourth-order valence-electron chi connectivity index (χ4n) is 7.83. The number of aromatic nitrogens is 2. The number of hydrogen-bond donors (Lipinski definition) is 1. The van der Waals surface area contributed by atoms with Crippen LogP contribution in [0.3, 0.4) is 0 Å². The van der Waals surface area contributed by atoms with Crippen LogP contribution >= 0.6 is 0 Å². The minimum atomic E-state index is 0.320. The third-order valence-electron chi connectivity index (χ3n) is 9.98. The smallest absolute Gasteiger partial charge is 0.176 e. The Labute approximate surface area is 285 Å². The molecule has 0 radical (unpaired) electrons. The highest BCUT2D eigenvalue weighted by molar-refractivity contribution is 6.10. The second-order valence-corrected chi connectivity index (χ2v) is 13.5. The van der Waals surface area contributed by atoms with Crippen molar-refractivity contribution in [2.75, 3.05) is 20.1 Å². The summed E-state index contributed by atoms with van der Waals surface area (Å²) in [4.78, 5) is 8.90. The Balaban J connectivity index is 0.978. The van der Waals surface area contributed by atoms with E-state index in [1.165, 1.54) is 43.7 Å². The summed E-state index contributed by atoms with van der Waals surface area (Å²) in [7, 11) is 2.11. The van der Waals surface area contributed by atoms with Crippen LogP contribution in [-0.2, 0) is 13.1 Å². The number of aryl methyl sites for hydroxylation is 2. The number of aromatic hydroxyl groups is 1. The van der Waals surface area contributed by atoms with Gasteiger partial charge in [0, 0.05) is 52.3 Å². The monoisotopic (exact) mass is 642 g/mol. The first-order valence-electron chi connectivity index (χ1n) is 17.0. The largest absolute Gasteiger partial charge is 0.505 e. The van der Waals surface area contributed by atoms with E-state index in [0.29, 0.717) is 12.3 Å². The van der Waals surface area contributed by atoms with Gasteiger partial charge in [-0.3, -0.25) is 0 Å². The molecule has 242 valence electrons. The Hall–Kier alpha value is -5.56. The molecule has 2 aromatic heterocycles. The topological polar surface area (TPSA) is 45.8 Å². The van der Waals surface area contributed by atoms with Crippen molar-refractivity contribution in [3.63, 3.8) is 0 Å². The number of fused-ring (bicyclic) bond motifs is 7. The Kier molecular flexibility index (Phi) is 6.97. The zero-order chi connectivity index (χ0) is 33.2. The molecule has 0 atom stereocenters. The molecular formula is C43H38N4O2. The van der Waals surface area contributed by atoms with Gasteiger partial charge >= 0.3 is 0 Å². The molecular weight excluding hydrogens is 604 g/mol. The standard InChI is InChI=1S/C43H38N4O2/c1-28-22-30(42(48)40(24-28)46-36-16-8-4-12-32(36)33-13-5-9-17-37(33)46)26-44(3)20-21-45-27-31-23-29(2)25-41(43(31)49-45)47-38-18-10-6-14-34(38)35-15-7-11-19-39(35)47/h4-19,22-25,48H,20-21,26-27H2,1-3H3. The van der Waals surface area contributed by atoms with Crippen molar-refractivity contribution in [3.05, 3.63) is 144 Å². The first kappa shape index (κ1) is 29.6. The van der Waals surface area contributed by atoms with Crippen LogP contribution in [0.1, 0.15) is 22.3 Å². The molecule has 6 aromatic carbocycles. The number of phenols is 1. The van der Waals surface area contributed by atoms with Crippen LogP contribution in [0.5, 0.6) is 11.5 Å². The van der Waals surface area contributed by atoms with E-state index in [9.17, 15) is 5.11 Å². The van der Waals surface area contributed by atoms with Crippen molar-refractivity contribution in [3.8, 4) is 22.9 Å². The first-order valence-corrected chi connectivity index (χ1v) is 17.0. The van der Waals surface area contributed by atoms with Gasteiger partial charge in [0.1, 0.15) is 5.75 Å². The van der Waals surface area contributed by atoms with Gasteiger partial charge in [-0.15, -0.1) is 5.06 Å². The van der Waals surface area contributed by atoms with E-state index in [0.717, 1.165) is 58.9 Å². The molecule has 0 amide bonds. The Morgan fingerprint density at radius 3 is 1.65 bits per heavy atom. The minimum Gasteiger partial charge on any atom is -0.505 e. The lowest BCUT2D eigenvalue weighted by Gasteiger charge is -2.22. The Bertz CT molecular complexity index is 2450. The fraction of sp³-hybridized carbons (Fsp3) is 0.163. The molecule has 1 N–H and O–H groups in total. The van der Waals surface area contributed by atoms with Gasteiger partial charge in [0.25, 0.3) is 0 Å². The second-order valence-electron chi connectivity index (χ2n) is 13.5. The fourth-order valence-corrected chi connectivity index (χ4v) is 7.83. The quantitative estimate of drug-likeness (QED) is 0.188. The normalized spacial score (nSPS) is 13.3. The van der Waals surface area contributed by atoms with Gasteiger partial charge in [-0.1, -0.05) is 84.9 Å². The lowest BCUT2D eigenvalue weighted by molar-refractivity contribution is -0.0473. The second kappa shape index (κ2) is 11.5. The molecule has 0 saturated heterocycles. The van der Waals surface area contributed by atoms with E-state index in [-0.39, 0.29) is 0 Å². The van der Waals surface area contributed by atoms with Gasteiger partial charge in [-0.25, -0.2) is 0 Å². The van der Waals surface area contributed by atoms with Gasteiger partial charge in [-0.05, 0) is 68.4 Å². The molecule has 8 aromatic rings. The summed E-state index contributed by atoms with van der Waals surface area (Å²) in [5.74, 6) is 1.24. The van der Waals surface area contributed by atoms with Gasteiger partial charge in [0.05, 0.1) is 40.0 Å². The number of nitrogens with zero attached hydrogens (tertiary/aromatic N) is 4. The summed E-state index contributed by atoms with van der Waals surface area (Å²) in [5.41, 5.74) is 10.9. The van der Waals surface area contributed by atoms with E-state index in [2.05, 4.69) is 161 Å². The predicted molar refractivity (Wildman–Crippen MR) is 200 cm³/mol. The summed E-state index contributed by atoms with van der Waals surface area (Å²) in [6, 6.07) is 42.7. The van der Waals surface area contributed by atoms with Gasteiger partial charge in [0.15, 0.2) is 5.75 Å². The average molecular weight is 643 g/mol. The van der Waals surface area contributed by atoms with Crippen LogP contribution in [-0.4, -0.2) is 44.3 Å². The highest BCUT2D eigenvalue weighted by Gasteiger charge is 2.27. The van der Waals surface area contributed by atoms with Crippen LogP contribution in [0.4, 0.5) is 0 Å². The van der Waals surface area contributed by atoms with Gasteiger partial charge in [0.2, 0.25) is 0 Å². The highest BCUT2D eigenvalue weighted by atomic mass is 16.7. The van der Waals surface area contributed by atoms with Crippen LogP contribution in [0.2, 0.25) is 0 Å². The van der Waals surface area contributed by atoms with Crippen LogP contribution < -0.4 is 4.84 Å². The molecule has 6 nitrogen and oxygen atoms in total. The van der Waals surface area contributed by atoms with E-state index < -0.39 is 0 Å². The number of phenolic OH excluding ortho intramolecular Hbond substituents is 1. The molecule has 0 spiro atoms. The lowest BCUT2D eigenvalue weighted by Crippen LogP contribution is -2.32. The third-order valence-corrected chi connectivity index (χ3v) is 9.98. The molecule has 1 aliphatic rings. The van der Waals surface area contributed by atoms with Crippen LogP contribution in [0.15, 0.2) is 121 Å². The summed E-state index contributed by atoms with van der Waals surface area (Å²) in [5, 5.41) is 18.7. The molecule has 6 heteroatoms. The maximum Gasteiger partial charge on any atom is 0.176 e. The van der Waals surface area contributed by atoms with Crippen molar-refractivity contribution in [1.82, 2.24) is 19.1 Å². The molecule has 0 fully saturated rings. The molecule has 0 aliphatic carbocycles. The molecule has 9 rings (SSSR count). The SMILES string of the molecule is Cc1cc(CN(C)CCN2Cc3cc(C)cc(-n4c5ccccc5c5ccccc54)c3O2)c(O)c(-n2c3ccccc3c3ccccc32)c1. The summed E-state index contributed by atoms with van der Waals surface area (Å²) >= 11 is 0. The van der Waals surface area contributed by atoms with Crippen molar-refractivity contribution >= 4 is 43.6 Å². The number of benzene rings is 6. The molecule has 3 heterocycles. The molecule has 1 aliphatic heterocycles. The number of rotatable bonds is 7. The zero-order valence-electron chi connectivity index (χ0n) is 28.0. The lowest BCUT2D eigenvalue weighted by atomic mass is 10.1. The van der Waals surface area contributed by atoms with Gasteiger partial charge in [-0.2, -0.15) is 0 Å². The molecule has 49 heavy (non-hydrogen) atoms.